The predicted octanol–water partition coefficient (Wildman–Crippen LogP) is 1.66. The molecule has 1 N–H and O–H groups in total. The highest BCUT2D eigenvalue weighted by Crippen LogP contribution is 2.33. The van der Waals surface area contributed by atoms with E-state index < -0.39 is 29.4 Å². The number of carbonyl (C=O) groups is 2. The number of rotatable bonds is 3. The Bertz CT molecular complexity index is 503. The van der Waals surface area contributed by atoms with Gasteiger partial charge in [-0.2, -0.15) is 0 Å². The molecule has 5 nitrogen and oxygen atoms in total. The molecular weight excluding hydrogens is 236 g/mol. The van der Waals surface area contributed by atoms with Crippen LogP contribution in [-0.4, -0.2) is 23.7 Å². The zero-order valence-corrected chi connectivity index (χ0v) is 9.75. The maximum Gasteiger partial charge on any atom is 0.350 e. The summed E-state index contributed by atoms with van der Waals surface area (Å²) < 4.78 is 9.67. The number of aliphatic hydroxyl groups excluding tert-OH is 1. The van der Waals surface area contributed by atoms with Crippen molar-refractivity contribution in [2.75, 3.05) is 6.61 Å². The fraction of sp³-hybridized carbons (Fsp3) is 0.231. The molecule has 2 rings (SSSR count). The van der Waals surface area contributed by atoms with Gasteiger partial charge in [-0.1, -0.05) is 30.3 Å². The summed E-state index contributed by atoms with van der Waals surface area (Å²) in [6.45, 7) is 1.74. The van der Waals surface area contributed by atoms with Gasteiger partial charge in [-0.15, -0.1) is 0 Å². The van der Waals surface area contributed by atoms with Crippen molar-refractivity contribution in [3.05, 3.63) is 47.2 Å². The fourth-order valence-corrected chi connectivity index (χ4v) is 1.70. The quantitative estimate of drug-likeness (QED) is 0.650. The molecule has 1 aromatic carbocycles. The average Bonchev–Trinajstić information content (AvgIpc) is 2.66. The monoisotopic (exact) mass is 248 g/mol. The molecule has 1 aliphatic rings. The zero-order valence-electron chi connectivity index (χ0n) is 9.75. The molecule has 18 heavy (non-hydrogen) atoms. The van der Waals surface area contributed by atoms with Gasteiger partial charge in [0.2, 0.25) is 0 Å². The Kier molecular flexibility index (Phi) is 3.32. The SMILES string of the molecule is CCOC(=O)C1=C(O)[C@@H](c2ccccc2)OC1=O. The van der Waals surface area contributed by atoms with E-state index in [1.807, 2.05) is 0 Å². The number of benzene rings is 1. The fourth-order valence-electron chi connectivity index (χ4n) is 1.70. The van der Waals surface area contributed by atoms with Crippen LogP contribution in [0.5, 0.6) is 0 Å². The summed E-state index contributed by atoms with van der Waals surface area (Å²) in [5.41, 5.74) is 0.174. The van der Waals surface area contributed by atoms with Gasteiger partial charge in [-0.3, -0.25) is 0 Å². The molecule has 0 radical (unpaired) electrons. The van der Waals surface area contributed by atoms with E-state index in [2.05, 4.69) is 0 Å². The molecule has 0 aromatic heterocycles. The lowest BCUT2D eigenvalue weighted by Gasteiger charge is -2.09. The predicted molar refractivity (Wildman–Crippen MR) is 61.6 cm³/mol. The van der Waals surface area contributed by atoms with Gasteiger partial charge in [-0.25, -0.2) is 9.59 Å². The van der Waals surface area contributed by atoms with Crippen molar-refractivity contribution in [3.63, 3.8) is 0 Å². The van der Waals surface area contributed by atoms with Gasteiger partial charge < -0.3 is 14.6 Å². The first kappa shape index (κ1) is 12.2. The number of carbonyl (C=O) groups excluding carboxylic acids is 2. The van der Waals surface area contributed by atoms with Gasteiger partial charge >= 0.3 is 11.9 Å². The van der Waals surface area contributed by atoms with Crippen LogP contribution in [0.15, 0.2) is 41.7 Å². The second-order valence-electron chi connectivity index (χ2n) is 3.68. The molecule has 0 aliphatic carbocycles. The van der Waals surface area contributed by atoms with Crippen molar-refractivity contribution >= 4 is 11.9 Å². The van der Waals surface area contributed by atoms with Gasteiger partial charge in [0, 0.05) is 5.56 Å². The highest BCUT2D eigenvalue weighted by molar-refractivity contribution is 6.16. The van der Waals surface area contributed by atoms with Crippen molar-refractivity contribution < 1.29 is 24.2 Å². The van der Waals surface area contributed by atoms with E-state index in [9.17, 15) is 14.7 Å². The van der Waals surface area contributed by atoms with Gasteiger partial charge in [0.1, 0.15) is 0 Å². The molecule has 0 fully saturated rings. The summed E-state index contributed by atoms with van der Waals surface area (Å²) in [6, 6.07) is 8.69. The molecule has 1 aliphatic heterocycles. The van der Waals surface area contributed by atoms with Crippen molar-refractivity contribution in [2.24, 2.45) is 0 Å². The number of cyclic esters (lactones) is 1. The zero-order chi connectivity index (χ0) is 13.1. The van der Waals surface area contributed by atoms with Crippen molar-refractivity contribution in [3.8, 4) is 0 Å². The molecule has 0 saturated carbocycles. The van der Waals surface area contributed by atoms with E-state index in [-0.39, 0.29) is 6.61 Å². The van der Waals surface area contributed by atoms with Crippen LogP contribution in [0.4, 0.5) is 0 Å². The summed E-state index contributed by atoms with van der Waals surface area (Å²) in [6.07, 6.45) is -0.932. The number of hydrogen-bond donors (Lipinski definition) is 1. The Morgan fingerprint density at radius 2 is 2.06 bits per heavy atom. The maximum atomic E-state index is 11.5. The van der Waals surface area contributed by atoms with E-state index >= 15 is 0 Å². The molecule has 0 saturated heterocycles. The van der Waals surface area contributed by atoms with Crippen molar-refractivity contribution in [1.82, 2.24) is 0 Å². The summed E-state index contributed by atoms with van der Waals surface area (Å²) in [5.74, 6) is -2.12. The molecule has 0 bridgehead atoms. The van der Waals surface area contributed by atoms with Crippen LogP contribution in [0, 0.1) is 0 Å². The lowest BCUT2D eigenvalue weighted by Crippen LogP contribution is -2.14. The molecule has 5 heteroatoms. The molecule has 1 aromatic rings. The number of aliphatic hydroxyl groups is 1. The Hall–Kier alpha value is -2.30. The third-order valence-electron chi connectivity index (χ3n) is 2.52. The summed E-state index contributed by atoms with van der Waals surface area (Å²) in [4.78, 5) is 23.0. The standard InChI is InChI=1S/C13H12O5/c1-2-17-12(15)9-10(14)11(18-13(9)16)8-6-4-3-5-7-8/h3-7,11,14H,2H2,1H3/t11-/m1/s1. The van der Waals surface area contributed by atoms with E-state index in [0.717, 1.165) is 0 Å². The number of esters is 2. The van der Waals surface area contributed by atoms with Crippen LogP contribution in [0.2, 0.25) is 0 Å². The van der Waals surface area contributed by atoms with E-state index in [1.54, 1.807) is 37.3 Å². The Morgan fingerprint density at radius 1 is 1.39 bits per heavy atom. The van der Waals surface area contributed by atoms with Crippen LogP contribution in [-0.2, 0) is 19.1 Å². The molecule has 0 unspecified atom stereocenters. The second kappa shape index (κ2) is 4.91. The normalized spacial score (nSPS) is 18.7. The first-order chi connectivity index (χ1) is 8.65. The first-order valence-corrected chi connectivity index (χ1v) is 5.51. The molecular formula is C13H12O5. The summed E-state index contributed by atoms with van der Waals surface area (Å²) in [5, 5.41) is 9.90. The molecule has 1 heterocycles. The van der Waals surface area contributed by atoms with Crippen LogP contribution in [0.3, 0.4) is 0 Å². The molecule has 0 amide bonds. The van der Waals surface area contributed by atoms with Crippen LogP contribution in [0.1, 0.15) is 18.6 Å². The molecule has 1 atom stereocenters. The smallest absolute Gasteiger partial charge is 0.350 e. The van der Waals surface area contributed by atoms with E-state index in [0.29, 0.717) is 5.56 Å². The minimum absolute atomic E-state index is 0.124. The van der Waals surface area contributed by atoms with Crippen LogP contribution < -0.4 is 0 Å². The van der Waals surface area contributed by atoms with Gasteiger partial charge in [0.05, 0.1) is 6.61 Å². The van der Waals surface area contributed by atoms with Crippen molar-refractivity contribution in [1.29, 1.82) is 0 Å². The summed E-state index contributed by atoms with van der Waals surface area (Å²) >= 11 is 0. The Balaban J connectivity index is 2.33. The number of hydrogen-bond acceptors (Lipinski definition) is 5. The summed E-state index contributed by atoms with van der Waals surface area (Å²) in [7, 11) is 0. The minimum Gasteiger partial charge on any atom is -0.507 e. The Labute approximate surface area is 104 Å². The van der Waals surface area contributed by atoms with Crippen molar-refractivity contribution in [2.45, 2.75) is 13.0 Å². The topological polar surface area (TPSA) is 72.8 Å². The second-order valence-corrected chi connectivity index (χ2v) is 3.68. The maximum absolute atomic E-state index is 11.5. The lowest BCUT2D eigenvalue weighted by atomic mass is 10.1. The third kappa shape index (κ3) is 2.07. The lowest BCUT2D eigenvalue weighted by molar-refractivity contribution is -0.146. The molecule has 0 spiro atoms. The van der Waals surface area contributed by atoms with Crippen LogP contribution in [0.25, 0.3) is 0 Å². The third-order valence-corrected chi connectivity index (χ3v) is 2.52. The highest BCUT2D eigenvalue weighted by Gasteiger charge is 2.40. The van der Waals surface area contributed by atoms with Gasteiger partial charge in [0.15, 0.2) is 17.4 Å². The van der Waals surface area contributed by atoms with E-state index in [4.69, 9.17) is 9.47 Å². The largest absolute Gasteiger partial charge is 0.507 e. The molecule has 94 valence electrons. The van der Waals surface area contributed by atoms with Gasteiger partial charge in [-0.05, 0) is 6.92 Å². The number of ether oxygens (including phenoxy) is 2. The van der Waals surface area contributed by atoms with Gasteiger partial charge in [0.25, 0.3) is 0 Å². The van der Waals surface area contributed by atoms with Crippen LogP contribution >= 0.6 is 0 Å². The highest BCUT2D eigenvalue weighted by atomic mass is 16.6. The Morgan fingerprint density at radius 3 is 2.67 bits per heavy atom. The van der Waals surface area contributed by atoms with E-state index in [1.165, 1.54) is 0 Å². The first-order valence-electron chi connectivity index (χ1n) is 5.51. The average molecular weight is 248 g/mol. The minimum atomic E-state index is -0.932.